The molecule has 1 atom stereocenters. The van der Waals surface area contributed by atoms with E-state index in [1.54, 1.807) is 9.80 Å². The van der Waals surface area contributed by atoms with Gasteiger partial charge in [0.1, 0.15) is 0 Å². The fraction of sp³-hybridized carbons (Fsp3) is 0.458. The van der Waals surface area contributed by atoms with Crippen molar-refractivity contribution in [1.29, 1.82) is 0 Å². The van der Waals surface area contributed by atoms with E-state index in [-0.39, 0.29) is 29.9 Å². The molecule has 0 aliphatic carbocycles. The number of amides is 1. The average molecular weight is 518 g/mol. The molecule has 2 aliphatic heterocycles. The molecule has 2 aromatic heterocycles. The lowest BCUT2D eigenvalue weighted by Crippen LogP contribution is -2.51. The quantitative estimate of drug-likeness (QED) is 0.560. The highest BCUT2D eigenvalue weighted by Crippen LogP contribution is 2.29. The number of aromatic nitrogens is 4. The first-order valence-corrected chi connectivity index (χ1v) is 12.0. The first-order valence-electron chi connectivity index (χ1n) is 12.0. The van der Waals surface area contributed by atoms with Gasteiger partial charge in [0.15, 0.2) is 5.82 Å². The molecule has 0 saturated carbocycles. The predicted octanol–water partition coefficient (Wildman–Crippen LogP) is 1.98. The van der Waals surface area contributed by atoms with Crippen LogP contribution in [0.1, 0.15) is 17.5 Å². The molecule has 0 spiro atoms. The van der Waals surface area contributed by atoms with Crippen LogP contribution >= 0.6 is 0 Å². The maximum Gasteiger partial charge on any atom is 0.419 e. The Morgan fingerprint density at radius 3 is 2.54 bits per heavy atom. The van der Waals surface area contributed by atoms with Crippen molar-refractivity contribution >= 4 is 28.4 Å². The third-order valence-corrected chi connectivity index (χ3v) is 6.73. The van der Waals surface area contributed by atoms with Gasteiger partial charge in [-0.25, -0.2) is 15.1 Å². The average Bonchev–Trinajstić information content (AvgIpc) is 2.89. The summed E-state index contributed by atoms with van der Waals surface area (Å²) in [7, 11) is 0. The fourth-order valence-corrected chi connectivity index (χ4v) is 4.76. The lowest BCUT2D eigenvalue weighted by atomic mass is 10.1. The predicted molar refractivity (Wildman–Crippen MR) is 129 cm³/mol. The molecular formula is C24H26F3N7O3. The van der Waals surface area contributed by atoms with Gasteiger partial charge in [0.2, 0.25) is 11.9 Å². The summed E-state index contributed by atoms with van der Waals surface area (Å²) in [5.41, 5.74) is -0.271. The van der Waals surface area contributed by atoms with Crippen LogP contribution in [0.25, 0.3) is 10.8 Å². The van der Waals surface area contributed by atoms with Crippen molar-refractivity contribution < 1.29 is 22.7 Å². The Kier molecular flexibility index (Phi) is 6.71. The number of rotatable bonds is 4. The molecule has 2 fully saturated rings. The highest BCUT2D eigenvalue weighted by molar-refractivity contribution is 5.93. The third kappa shape index (κ3) is 5.22. The van der Waals surface area contributed by atoms with Crippen molar-refractivity contribution in [2.75, 3.05) is 55.7 Å². The minimum atomic E-state index is -4.49. The number of carbonyl (C=O) groups is 1. The normalized spacial score (nSPS) is 18.9. The Balaban J connectivity index is 1.19. The maximum absolute atomic E-state index is 13.0. The summed E-state index contributed by atoms with van der Waals surface area (Å²) in [4.78, 5) is 38.5. The minimum Gasteiger partial charge on any atom is -0.374 e. The van der Waals surface area contributed by atoms with E-state index in [4.69, 9.17) is 4.74 Å². The lowest BCUT2D eigenvalue weighted by Gasteiger charge is -2.37. The van der Waals surface area contributed by atoms with Gasteiger partial charge in [0.25, 0.3) is 5.56 Å². The summed E-state index contributed by atoms with van der Waals surface area (Å²) in [6.07, 6.45) is -3.10. The zero-order valence-corrected chi connectivity index (χ0v) is 20.2. The number of morpholine rings is 1. The van der Waals surface area contributed by atoms with Crippen molar-refractivity contribution in [3.05, 3.63) is 52.1 Å². The van der Waals surface area contributed by atoms with Gasteiger partial charge in [-0.15, -0.1) is 0 Å². The fourth-order valence-electron chi connectivity index (χ4n) is 4.76. The van der Waals surface area contributed by atoms with Gasteiger partial charge in [0, 0.05) is 57.0 Å². The van der Waals surface area contributed by atoms with Gasteiger partial charge in [-0.05, 0) is 12.5 Å². The number of fused-ring (bicyclic) bond motifs is 1. The Labute approximate surface area is 210 Å². The monoisotopic (exact) mass is 517 g/mol. The van der Waals surface area contributed by atoms with Crippen LogP contribution in [0, 0.1) is 6.92 Å². The molecule has 196 valence electrons. The zero-order valence-electron chi connectivity index (χ0n) is 20.2. The van der Waals surface area contributed by atoms with E-state index < -0.39 is 11.7 Å². The second kappa shape index (κ2) is 9.96. The highest BCUT2D eigenvalue weighted by atomic mass is 19.4. The van der Waals surface area contributed by atoms with Gasteiger partial charge < -0.3 is 19.4 Å². The lowest BCUT2D eigenvalue weighted by molar-refractivity contribution is -0.138. The molecule has 2 aliphatic rings. The maximum atomic E-state index is 13.0. The van der Waals surface area contributed by atoms with Crippen LogP contribution < -0.4 is 15.4 Å². The molecule has 2 saturated heterocycles. The van der Waals surface area contributed by atoms with Gasteiger partial charge in [-0.3, -0.25) is 9.59 Å². The molecular weight excluding hydrogens is 491 g/mol. The third-order valence-electron chi connectivity index (χ3n) is 6.73. The largest absolute Gasteiger partial charge is 0.419 e. The minimum absolute atomic E-state index is 0.0602. The SMILES string of the molecule is Cc1cccc2c(N3CCOC(CC(=O)N4CCN(c5ncc(C(F)(F)F)cn5)CC4)C3)n[nH]c(=O)c12. The van der Waals surface area contributed by atoms with E-state index in [9.17, 15) is 22.8 Å². The number of piperazine rings is 1. The second-order valence-electron chi connectivity index (χ2n) is 9.15. The van der Waals surface area contributed by atoms with Crippen molar-refractivity contribution in [3.63, 3.8) is 0 Å². The van der Waals surface area contributed by atoms with Gasteiger partial charge in [-0.2, -0.15) is 18.3 Å². The second-order valence-corrected chi connectivity index (χ2v) is 9.15. The molecule has 1 N–H and O–H groups in total. The summed E-state index contributed by atoms with van der Waals surface area (Å²) >= 11 is 0. The molecule has 0 radical (unpaired) electrons. The molecule has 5 rings (SSSR count). The number of halogens is 3. The summed E-state index contributed by atoms with van der Waals surface area (Å²) in [5, 5.41) is 8.23. The number of aryl methyl sites for hydroxylation is 1. The number of benzene rings is 1. The number of anilines is 2. The van der Waals surface area contributed by atoms with Gasteiger partial charge in [-0.1, -0.05) is 18.2 Å². The standard InChI is InChI=1S/C24H26F3N7O3/c1-15-3-2-4-18-20(15)22(36)31-30-21(18)34-9-10-37-17(14-34)11-19(35)32-5-7-33(8-6-32)23-28-12-16(13-29-23)24(25,26)27/h2-4,12-13,17H,5-11,14H2,1H3,(H,31,36). The Bertz CT molecular complexity index is 1340. The van der Waals surface area contributed by atoms with E-state index in [0.29, 0.717) is 57.1 Å². The van der Waals surface area contributed by atoms with E-state index in [1.165, 1.54) is 0 Å². The van der Waals surface area contributed by atoms with Crippen molar-refractivity contribution in [1.82, 2.24) is 25.1 Å². The molecule has 1 unspecified atom stereocenters. The molecule has 1 amide bonds. The van der Waals surface area contributed by atoms with Crippen LogP contribution in [0.3, 0.4) is 0 Å². The first-order chi connectivity index (χ1) is 17.7. The number of ether oxygens (including phenoxy) is 1. The summed E-state index contributed by atoms with van der Waals surface area (Å²) in [6, 6.07) is 5.64. The number of alkyl halides is 3. The molecule has 10 nitrogen and oxygen atoms in total. The van der Waals surface area contributed by atoms with Crippen LogP contribution in [-0.2, 0) is 15.7 Å². The van der Waals surface area contributed by atoms with Crippen molar-refractivity contribution in [2.24, 2.45) is 0 Å². The van der Waals surface area contributed by atoms with Crippen LogP contribution in [0.2, 0.25) is 0 Å². The van der Waals surface area contributed by atoms with Crippen LogP contribution in [0.15, 0.2) is 35.4 Å². The Morgan fingerprint density at radius 1 is 1.11 bits per heavy atom. The van der Waals surface area contributed by atoms with Crippen molar-refractivity contribution in [3.8, 4) is 0 Å². The highest BCUT2D eigenvalue weighted by Gasteiger charge is 2.32. The topological polar surface area (TPSA) is 108 Å². The summed E-state index contributed by atoms with van der Waals surface area (Å²) in [5.74, 6) is 0.807. The number of nitrogens with zero attached hydrogens (tertiary/aromatic N) is 6. The molecule has 0 bridgehead atoms. The van der Waals surface area contributed by atoms with E-state index in [0.717, 1.165) is 23.3 Å². The number of H-pyrrole nitrogens is 1. The number of aromatic amines is 1. The molecule has 37 heavy (non-hydrogen) atoms. The number of hydrogen-bond acceptors (Lipinski definition) is 8. The smallest absolute Gasteiger partial charge is 0.374 e. The summed E-state index contributed by atoms with van der Waals surface area (Å²) < 4.78 is 44.1. The Morgan fingerprint density at radius 2 is 1.84 bits per heavy atom. The first kappa shape index (κ1) is 24.9. The molecule has 3 aromatic rings. The number of carbonyl (C=O) groups excluding carboxylic acids is 1. The van der Waals surface area contributed by atoms with Crippen LogP contribution in [0.5, 0.6) is 0 Å². The van der Waals surface area contributed by atoms with Crippen molar-refractivity contribution in [2.45, 2.75) is 25.6 Å². The van der Waals surface area contributed by atoms with Gasteiger partial charge >= 0.3 is 6.18 Å². The van der Waals surface area contributed by atoms with E-state index in [1.807, 2.05) is 30.0 Å². The Hall–Kier alpha value is -3.74. The van der Waals surface area contributed by atoms with E-state index in [2.05, 4.69) is 20.2 Å². The summed E-state index contributed by atoms with van der Waals surface area (Å²) in [6.45, 7) is 4.99. The molecule has 1 aromatic carbocycles. The molecule has 13 heteroatoms. The number of hydrogen-bond donors (Lipinski definition) is 1. The van der Waals surface area contributed by atoms with Gasteiger partial charge in [0.05, 0.1) is 30.1 Å². The molecule has 4 heterocycles. The number of nitrogens with one attached hydrogen (secondary N) is 1. The van der Waals surface area contributed by atoms with Crippen LogP contribution in [0.4, 0.5) is 24.9 Å². The zero-order chi connectivity index (χ0) is 26.2. The van der Waals surface area contributed by atoms with E-state index >= 15 is 0 Å². The van der Waals surface area contributed by atoms with Crippen LogP contribution in [-0.4, -0.2) is 83.0 Å².